The summed E-state index contributed by atoms with van der Waals surface area (Å²) in [5, 5.41) is 15.1. The van der Waals surface area contributed by atoms with Crippen LogP contribution in [0.15, 0.2) is 11.2 Å². The van der Waals surface area contributed by atoms with Crippen molar-refractivity contribution in [1.82, 2.24) is 19.8 Å². The van der Waals surface area contributed by atoms with Gasteiger partial charge < -0.3 is 10.0 Å². The molecule has 0 aliphatic carbocycles. The Morgan fingerprint density at radius 3 is 2.85 bits per heavy atom. The van der Waals surface area contributed by atoms with Crippen molar-refractivity contribution in [3.05, 3.63) is 11.8 Å². The Balaban J connectivity index is 1.88. The number of aromatic amines is 1. The van der Waals surface area contributed by atoms with Crippen molar-refractivity contribution in [1.29, 1.82) is 0 Å². The first-order valence-electron chi connectivity index (χ1n) is 6.88. The predicted octanol–water partition coefficient (Wildman–Crippen LogP) is -0.0878. The summed E-state index contributed by atoms with van der Waals surface area (Å²) >= 11 is 0. The van der Waals surface area contributed by atoms with Crippen LogP contribution in [0.2, 0.25) is 0 Å². The van der Waals surface area contributed by atoms with Crippen molar-refractivity contribution >= 4 is 10.0 Å². The van der Waals surface area contributed by atoms with Crippen LogP contribution in [0, 0.1) is 5.92 Å². The number of aromatic nitrogens is 2. The number of H-pyrrole nitrogens is 1. The Labute approximate surface area is 119 Å². The topological polar surface area (TPSA) is 98.3 Å². The van der Waals surface area contributed by atoms with Gasteiger partial charge in [0.25, 0.3) is 10.0 Å². The lowest BCUT2D eigenvalue weighted by molar-refractivity contribution is 0.278. The molecule has 7 nitrogen and oxygen atoms in total. The number of likely N-dealkylation sites (tertiary alicyclic amines) is 1. The van der Waals surface area contributed by atoms with Crippen molar-refractivity contribution in [2.45, 2.75) is 31.4 Å². The molecule has 20 heavy (non-hydrogen) atoms. The van der Waals surface area contributed by atoms with Crippen LogP contribution < -0.4 is 4.72 Å². The molecule has 1 aliphatic rings. The second kappa shape index (κ2) is 6.66. The van der Waals surface area contributed by atoms with E-state index in [4.69, 9.17) is 5.11 Å². The number of aliphatic hydroxyl groups excluding tert-OH is 1. The van der Waals surface area contributed by atoms with Crippen molar-refractivity contribution in [2.24, 2.45) is 5.92 Å². The van der Waals surface area contributed by atoms with Crippen LogP contribution in [-0.4, -0.2) is 54.8 Å². The number of nitrogens with zero attached hydrogens (tertiary/aromatic N) is 2. The van der Waals surface area contributed by atoms with Crippen LogP contribution in [0.25, 0.3) is 0 Å². The molecule has 1 aliphatic heterocycles. The van der Waals surface area contributed by atoms with E-state index in [9.17, 15) is 8.42 Å². The lowest BCUT2D eigenvalue weighted by atomic mass is 10.2. The van der Waals surface area contributed by atoms with Gasteiger partial charge in [-0.15, -0.1) is 0 Å². The minimum atomic E-state index is -3.63. The average Bonchev–Trinajstić information content (AvgIpc) is 3.07. The van der Waals surface area contributed by atoms with Crippen molar-refractivity contribution in [2.75, 3.05) is 26.2 Å². The van der Waals surface area contributed by atoms with E-state index in [0.717, 1.165) is 19.6 Å². The second-order valence-corrected chi connectivity index (χ2v) is 7.05. The van der Waals surface area contributed by atoms with Crippen LogP contribution in [0.1, 0.15) is 25.3 Å². The Bertz CT molecular complexity index is 523. The molecule has 0 aromatic carbocycles. The normalized spacial score (nSPS) is 18.5. The highest BCUT2D eigenvalue weighted by Crippen LogP contribution is 2.13. The van der Waals surface area contributed by atoms with E-state index in [0.29, 0.717) is 6.54 Å². The van der Waals surface area contributed by atoms with Gasteiger partial charge in [0.15, 0.2) is 5.03 Å². The molecule has 3 N–H and O–H groups in total. The maximum absolute atomic E-state index is 12.1. The molecule has 2 rings (SSSR count). The molecule has 1 aromatic rings. The third-order valence-corrected chi connectivity index (χ3v) is 4.95. The Hall–Kier alpha value is -0.960. The zero-order valence-corrected chi connectivity index (χ0v) is 12.5. The molecule has 0 saturated carbocycles. The van der Waals surface area contributed by atoms with Gasteiger partial charge in [-0.25, -0.2) is 13.1 Å². The van der Waals surface area contributed by atoms with Gasteiger partial charge in [-0.05, 0) is 31.8 Å². The summed E-state index contributed by atoms with van der Waals surface area (Å²) in [6.45, 7) is 5.16. The average molecular weight is 302 g/mol. The quantitative estimate of drug-likeness (QED) is 0.654. The number of hydrogen-bond acceptors (Lipinski definition) is 5. The van der Waals surface area contributed by atoms with Crippen LogP contribution in [-0.2, 0) is 16.6 Å². The summed E-state index contributed by atoms with van der Waals surface area (Å²) in [4.78, 5) is 2.36. The van der Waals surface area contributed by atoms with E-state index in [1.807, 2.05) is 6.92 Å². The van der Waals surface area contributed by atoms with Gasteiger partial charge in [0, 0.05) is 18.7 Å². The molecule has 1 saturated heterocycles. The number of rotatable bonds is 7. The highest BCUT2D eigenvalue weighted by Gasteiger charge is 2.22. The van der Waals surface area contributed by atoms with Gasteiger partial charge in [0.05, 0.1) is 12.8 Å². The Morgan fingerprint density at radius 1 is 1.50 bits per heavy atom. The Kier molecular flexibility index (Phi) is 5.14. The van der Waals surface area contributed by atoms with Crippen LogP contribution in [0.3, 0.4) is 0 Å². The molecule has 8 heteroatoms. The summed E-state index contributed by atoms with van der Waals surface area (Å²) in [5.41, 5.74) is 0.282. The summed E-state index contributed by atoms with van der Waals surface area (Å²) < 4.78 is 26.8. The molecule has 1 unspecified atom stereocenters. The van der Waals surface area contributed by atoms with E-state index >= 15 is 0 Å². The highest BCUT2D eigenvalue weighted by atomic mass is 32.2. The van der Waals surface area contributed by atoms with Crippen molar-refractivity contribution in [3.63, 3.8) is 0 Å². The zero-order valence-electron chi connectivity index (χ0n) is 11.7. The van der Waals surface area contributed by atoms with Gasteiger partial charge in [-0.2, -0.15) is 5.10 Å². The van der Waals surface area contributed by atoms with Gasteiger partial charge >= 0.3 is 0 Å². The molecule has 0 radical (unpaired) electrons. The van der Waals surface area contributed by atoms with Gasteiger partial charge in [-0.1, -0.05) is 6.92 Å². The zero-order chi connectivity index (χ0) is 14.6. The van der Waals surface area contributed by atoms with Gasteiger partial charge in [0.2, 0.25) is 0 Å². The van der Waals surface area contributed by atoms with Gasteiger partial charge in [-0.3, -0.25) is 5.10 Å². The smallest absolute Gasteiger partial charge is 0.257 e. The molecule has 1 atom stereocenters. The van der Waals surface area contributed by atoms with E-state index < -0.39 is 10.0 Å². The van der Waals surface area contributed by atoms with Gasteiger partial charge in [0.1, 0.15) is 0 Å². The monoisotopic (exact) mass is 302 g/mol. The lowest BCUT2D eigenvalue weighted by Gasteiger charge is -2.20. The van der Waals surface area contributed by atoms with Crippen molar-refractivity contribution in [3.8, 4) is 0 Å². The first-order chi connectivity index (χ1) is 9.53. The maximum Gasteiger partial charge on any atom is 0.257 e. The lowest BCUT2D eigenvalue weighted by Crippen LogP contribution is -2.34. The van der Waals surface area contributed by atoms with Crippen LogP contribution >= 0.6 is 0 Å². The first-order valence-corrected chi connectivity index (χ1v) is 8.36. The van der Waals surface area contributed by atoms with E-state index in [1.165, 1.54) is 19.0 Å². The molecule has 0 amide bonds. The minimum Gasteiger partial charge on any atom is -0.392 e. The van der Waals surface area contributed by atoms with E-state index in [-0.39, 0.29) is 23.1 Å². The van der Waals surface area contributed by atoms with Crippen LogP contribution in [0.4, 0.5) is 0 Å². The Morgan fingerprint density at radius 2 is 2.20 bits per heavy atom. The standard InChI is InChI=1S/C12H22N4O3S/c1-10(8-16-4-2-3-5-16)6-14-20(18,19)12-11(9-17)7-13-15-12/h7,10,14,17H,2-6,8-9H2,1H3,(H,13,15). The molecule has 0 spiro atoms. The molecular weight excluding hydrogens is 280 g/mol. The first kappa shape index (κ1) is 15.4. The van der Waals surface area contributed by atoms with Crippen LogP contribution in [0.5, 0.6) is 0 Å². The van der Waals surface area contributed by atoms with Crippen molar-refractivity contribution < 1.29 is 13.5 Å². The van der Waals surface area contributed by atoms with E-state index in [2.05, 4.69) is 19.8 Å². The predicted molar refractivity (Wildman–Crippen MR) is 74.5 cm³/mol. The molecular formula is C12H22N4O3S. The third-order valence-electron chi connectivity index (χ3n) is 3.51. The summed E-state index contributed by atoms with van der Waals surface area (Å²) in [7, 11) is -3.63. The summed E-state index contributed by atoms with van der Waals surface area (Å²) in [5.74, 6) is 0.239. The SMILES string of the molecule is CC(CNS(=O)(=O)c1[nH]ncc1CO)CN1CCCC1. The molecule has 114 valence electrons. The number of sulfonamides is 1. The number of hydrogen-bond donors (Lipinski definition) is 3. The molecule has 1 fully saturated rings. The molecule has 1 aromatic heterocycles. The fourth-order valence-electron chi connectivity index (χ4n) is 2.44. The van der Waals surface area contributed by atoms with E-state index in [1.54, 1.807) is 0 Å². The maximum atomic E-state index is 12.1. The minimum absolute atomic E-state index is 0.0478. The number of nitrogens with one attached hydrogen (secondary N) is 2. The largest absolute Gasteiger partial charge is 0.392 e. The second-order valence-electron chi connectivity index (χ2n) is 5.35. The molecule has 0 bridgehead atoms. The fourth-order valence-corrected chi connectivity index (χ4v) is 3.72. The summed E-state index contributed by atoms with van der Waals surface area (Å²) in [6.07, 6.45) is 3.78. The highest BCUT2D eigenvalue weighted by molar-refractivity contribution is 7.89. The number of aliphatic hydroxyl groups is 1. The summed E-state index contributed by atoms with van der Waals surface area (Å²) in [6, 6.07) is 0. The molecule has 2 heterocycles. The third kappa shape index (κ3) is 3.78. The fraction of sp³-hybridized carbons (Fsp3) is 0.750.